The third-order valence-electron chi connectivity index (χ3n) is 7.67. The predicted molar refractivity (Wildman–Crippen MR) is 141 cm³/mol. The van der Waals surface area contributed by atoms with Crippen molar-refractivity contribution in [1.82, 2.24) is 30.1 Å². The highest BCUT2D eigenvalue weighted by Gasteiger charge is 2.23. The molecule has 2 aromatic carbocycles. The molecule has 1 aliphatic carbocycles. The number of ether oxygens (including phenoxy) is 4. The molecule has 202 valence electrons. The topological polar surface area (TPSA) is 117 Å². The van der Waals surface area contributed by atoms with Crippen LogP contribution in [0.5, 0.6) is 23.0 Å². The molecule has 11 nitrogen and oxygen atoms in total. The van der Waals surface area contributed by atoms with Crippen molar-refractivity contribution in [3.8, 4) is 23.0 Å². The van der Waals surface area contributed by atoms with Gasteiger partial charge in [-0.2, -0.15) is 0 Å². The molecule has 1 fully saturated rings. The van der Waals surface area contributed by atoms with E-state index in [0.29, 0.717) is 56.0 Å². The van der Waals surface area contributed by atoms with Gasteiger partial charge in [0.2, 0.25) is 6.79 Å². The lowest BCUT2D eigenvalue weighted by atomic mass is 9.95. The second-order valence-electron chi connectivity index (χ2n) is 10.4. The van der Waals surface area contributed by atoms with Crippen LogP contribution in [0, 0.1) is 0 Å². The molecule has 4 heterocycles. The fourth-order valence-electron chi connectivity index (χ4n) is 5.74. The largest absolute Gasteiger partial charge is 0.486 e. The standard InChI is InChI=1S/C28H30N6O5/c35-28-20(11-19-12-25-26(13-22(19)29-28)37-9-8-36-25)15-33(14-18-6-7-23-24(10-18)39-17-38-23)16-27-30-31-32-34(27)21-4-2-1-3-5-21/h6-7,10-13,21H,1-5,8-9,14-17H2,(H,29,35). The molecule has 0 saturated heterocycles. The number of hydrogen-bond acceptors (Lipinski definition) is 9. The first-order chi connectivity index (χ1) is 19.2. The monoisotopic (exact) mass is 530 g/mol. The van der Waals surface area contributed by atoms with Crippen molar-refractivity contribution < 1.29 is 18.9 Å². The number of nitrogens with zero attached hydrogens (tertiary/aromatic N) is 5. The molecule has 4 aromatic rings. The Balaban J connectivity index is 1.21. The van der Waals surface area contributed by atoms with Crippen LogP contribution in [0.3, 0.4) is 0 Å². The lowest BCUT2D eigenvalue weighted by Crippen LogP contribution is -2.29. The third kappa shape index (κ3) is 4.89. The number of rotatable bonds is 7. The average Bonchev–Trinajstić information content (AvgIpc) is 3.62. The maximum absolute atomic E-state index is 13.2. The van der Waals surface area contributed by atoms with Crippen LogP contribution in [0.15, 0.2) is 41.2 Å². The molecule has 1 saturated carbocycles. The molecule has 11 heteroatoms. The van der Waals surface area contributed by atoms with Crippen molar-refractivity contribution in [2.75, 3.05) is 20.0 Å². The van der Waals surface area contributed by atoms with Gasteiger partial charge in [-0.3, -0.25) is 9.69 Å². The molecular formula is C28H30N6O5. The lowest BCUT2D eigenvalue weighted by Gasteiger charge is -2.25. The summed E-state index contributed by atoms with van der Waals surface area (Å²) in [7, 11) is 0. The Morgan fingerprint density at radius 2 is 1.67 bits per heavy atom. The Morgan fingerprint density at radius 3 is 2.54 bits per heavy atom. The van der Waals surface area contributed by atoms with Gasteiger partial charge < -0.3 is 23.9 Å². The van der Waals surface area contributed by atoms with Crippen LogP contribution in [0.1, 0.15) is 55.1 Å². The van der Waals surface area contributed by atoms with Gasteiger partial charge in [0.1, 0.15) is 13.2 Å². The van der Waals surface area contributed by atoms with Gasteiger partial charge in [0.15, 0.2) is 28.8 Å². The van der Waals surface area contributed by atoms with Crippen LogP contribution < -0.4 is 24.5 Å². The number of benzene rings is 2. The van der Waals surface area contributed by atoms with Crippen LogP contribution in [-0.2, 0) is 19.6 Å². The van der Waals surface area contributed by atoms with Gasteiger partial charge in [-0.25, -0.2) is 4.68 Å². The zero-order valence-corrected chi connectivity index (χ0v) is 21.6. The number of H-pyrrole nitrogens is 1. The van der Waals surface area contributed by atoms with E-state index in [1.54, 1.807) is 0 Å². The van der Waals surface area contributed by atoms with Crippen LogP contribution in [0.4, 0.5) is 0 Å². The highest BCUT2D eigenvalue weighted by molar-refractivity contribution is 5.83. The molecule has 2 aromatic heterocycles. The van der Waals surface area contributed by atoms with Gasteiger partial charge in [0.25, 0.3) is 5.56 Å². The predicted octanol–water partition coefficient (Wildman–Crippen LogP) is 3.72. The van der Waals surface area contributed by atoms with Crippen LogP contribution in [-0.4, -0.2) is 50.1 Å². The summed E-state index contributed by atoms with van der Waals surface area (Å²) >= 11 is 0. The van der Waals surface area contributed by atoms with E-state index in [0.717, 1.165) is 46.6 Å². The normalized spacial score (nSPS) is 16.7. The number of tetrazole rings is 1. The summed E-state index contributed by atoms with van der Waals surface area (Å²) in [4.78, 5) is 18.4. The van der Waals surface area contributed by atoms with E-state index in [1.165, 1.54) is 19.3 Å². The zero-order chi connectivity index (χ0) is 26.2. The molecule has 2 aliphatic heterocycles. The summed E-state index contributed by atoms with van der Waals surface area (Å²) in [5.74, 6) is 3.62. The minimum absolute atomic E-state index is 0.137. The van der Waals surface area contributed by atoms with Gasteiger partial charge >= 0.3 is 0 Å². The second-order valence-corrected chi connectivity index (χ2v) is 10.4. The number of aromatic nitrogens is 5. The number of fused-ring (bicyclic) bond motifs is 3. The Bertz CT molecular complexity index is 1560. The van der Waals surface area contributed by atoms with Crippen LogP contribution in [0.2, 0.25) is 0 Å². The summed E-state index contributed by atoms with van der Waals surface area (Å²) in [6.45, 7) is 2.71. The van der Waals surface area contributed by atoms with Gasteiger partial charge in [-0.05, 0) is 53.1 Å². The van der Waals surface area contributed by atoms with Crippen LogP contribution >= 0.6 is 0 Å². The summed E-state index contributed by atoms with van der Waals surface area (Å²) in [5, 5.41) is 13.7. The van der Waals surface area contributed by atoms with Crippen molar-refractivity contribution in [3.05, 3.63) is 63.7 Å². The van der Waals surface area contributed by atoms with Crippen molar-refractivity contribution in [2.24, 2.45) is 0 Å². The van der Waals surface area contributed by atoms with E-state index >= 15 is 0 Å². The van der Waals surface area contributed by atoms with E-state index in [2.05, 4.69) is 25.4 Å². The minimum atomic E-state index is -0.137. The van der Waals surface area contributed by atoms with Crippen LogP contribution in [0.25, 0.3) is 10.9 Å². The van der Waals surface area contributed by atoms with Gasteiger partial charge in [0, 0.05) is 30.1 Å². The highest BCUT2D eigenvalue weighted by Crippen LogP contribution is 2.35. The molecule has 0 bridgehead atoms. The molecule has 39 heavy (non-hydrogen) atoms. The highest BCUT2D eigenvalue weighted by atomic mass is 16.7. The molecule has 0 amide bonds. The molecule has 1 N–H and O–H groups in total. The number of aromatic amines is 1. The molecule has 0 unspecified atom stereocenters. The fraction of sp³-hybridized carbons (Fsp3) is 0.429. The van der Waals surface area contributed by atoms with Crippen molar-refractivity contribution in [3.63, 3.8) is 0 Å². The Morgan fingerprint density at radius 1 is 0.872 bits per heavy atom. The second kappa shape index (κ2) is 10.2. The Labute approximate surface area is 224 Å². The molecule has 0 atom stereocenters. The van der Waals surface area contributed by atoms with Crippen molar-refractivity contribution in [2.45, 2.75) is 57.8 Å². The van der Waals surface area contributed by atoms with E-state index in [1.807, 2.05) is 41.1 Å². The summed E-state index contributed by atoms with van der Waals surface area (Å²) in [6.07, 6.45) is 5.81. The fourth-order valence-corrected chi connectivity index (χ4v) is 5.74. The van der Waals surface area contributed by atoms with E-state index in [9.17, 15) is 4.79 Å². The molecule has 0 radical (unpaired) electrons. The quantitative estimate of drug-likeness (QED) is 0.382. The maximum Gasteiger partial charge on any atom is 0.252 e. The van der Waals surface area contributed by atoms with E-state index in [4.69, 9.17) is 18.9 Å². The molecule has 0 spiro atoms. The molecule has 3 aliphatic rings. The first-order valence-corrected chi connectivity index (χ1v) is 13.5. The van der Waals surface area contributed by atoms with Gasteiger partial charge in [-0.1, -0.05) is 25.3 Å². The SMILES string of the molecule is O=c1[nH]c2cc3c(cc2cc1CN(Cc1ccc2c(c1)OCO2)Cc1nnnn1C1CCCCC1)OCCO3. The summed E-state index contributed by atoms with van der Waals surface area (Å²) < 4.78 is 24.5. The first-order valence-electron chi connectivity index (χ1n) is 13.5. The number of pyridine rings is 1. The smallest absolute Gasteiger partial charge is 0.252 e. The first kappa shape index (κ1) is 24.0. The average molecular weight is 531 g/mol. The minimum Gasteiger partial charge on any atom is -0.486 e. The van der Waals surface area contributed by atoms with E-state index in [-0.39, 0.29) is 12.4 Å². The summed E-state index contributed by atoms with van der Waals surface area (Å²) in [6, 6.07) is 12.0. The molecule has 7 rings (SSSR count). The zero-order valence-electron chi connectivity index (χ0n) is 21.6. The van der Waals surface area contributed by atoms with E-state index < -0.39 is 0 Å². The number of nitrogens with one attached hydrogen (secondary N) is 1. The Hall–Kier alpha value is -4.12. The van der Waals surface area contributed by atoms with Gasteiger partial charge in [0.05, 0.1) is 18.1 Å². The summed E-state index contributed by atoms with van der Waals surface area (Å²) in [5.41, 5.74) is 2.28. The third-order valence-corrected chi connectivity index (χ3v) is 7.67. The van der Waals surface area contributed by atoms with Crippen molar-refractivity contribution >= 4 is 10.9 Å². The van der Waals surface area contributed by atoms with Crippen molar-refractivity contribution in [1.29, 1.82) is 0 Å². The maximum atomic E-state index is 13.2. The molecular weight excluding hydrogens is 500 g/mol. The number of hydrogen-bond donors (Lipinski definition) is 1. The lowest BCUT2D eigenvalue weighted by molar-refractivity contribution is 0.172. The Kier molecular flexibility index (Phi) is 6.28. The van der Waals surface area contributed by atoms with Gasteiger partial charge in [-0.15, -0.1) is 5.10 Å².